The Morgan fingerprint density at radius 2 is 2.30 bits per heavy atom. The van der Waals surface area contributed by atoms with Crippen molar-refractivity contribution in [3.63, 3.8) is 0 Å². The zero-order valence-electron chi connectivity index (χ0n) is 10.9. The van der Waals surface area contributed by atoms with Gasteiger partial charge in [0.2, 0.25) is 5.91 Å². The van der Waals surface area contributed by atoms with Gasteiger partial charge in [0.1, 0.15) is 18.1 Å². The van der Waals surface area contributed by atoms with Crippen LogP contribution in [0.25, 0.3) is 0 Å². The molecule has 0 saturated heterocycles. The van der Waals surface area contributed by atoms with Crippen molar-refractivity contribution in [1.82, 2.24) is 15.1 Å². The van der Waals surface area contributed by atoms with Gasteiger partial charge >= 0.3 is 0 Å². The molecule has 0 spiro atoms. The number of anilines is 1. The third kappa shape index (κ3) is 3.47. The first-order chi connectivity index (χ1) is 9.58. The van der Waals surface area contributed by atoms with E-state index in [4.69, 9.17) is 0 Å². The van der Waals surface area contributed by atoms with E-state index in [1.807, 2.05) is 0 Å². The predicted molar refractivity (Wildman–Crippen MR) is 71.7 cm³/mol. The lowest BCUT2D eigenvalue weighted by atomic mass is 10.2. The monoisotopic (exact) mass is 278 g/mol. The topological polar surface area (TPSA) is 79.2 Å². The second kappa shape index (κ2) is 6.05. The van der Waals surface area contributed by atoms with Crippen molar-refractivity contribution in [2.45, 2.75) is 13.1 Å². The Kier molecular flexibility index (Phi) is 4.19. The lowest BCUT2D eigenvalue weighted by molar-refractivity contribution is -0.121. The van der Waals surface area contributed by atoms with Gasteiger partial charge in [-0.1, -0.05) is 0 Å². The number of rotatable bonds is 5. The Bertz CT molecular complexity index is 612. The molecule has 0 radical (unpaired) electrons. The van der Waals surface area contributed by atoms with E-state index in [2.05, 4.69) is 15.7 Å². The molecule has 7 heteroatoms. The predicted octanol–water partition coefficient (Wildman–Crippen LogP) is 1.09. The van der Waals surface area contributed by atoms with Gasteiger partial charge in [0, 0.05) is 25.4 Å². The molecule has 0 atom stereocenters. The minimum Gasteiger partial charge on any atom is -0.508 e. The number of hydrogen-bond acceptors (Lipinski definition) is 4. The summed E-state index contributed by atoms with van der Waals surface area (Å²) in [6, 6.07) is 3.76. The Labute approximate surface area is 115 Å². The lowest BCUT2D eigenvalue weighted by Crippen LogP contribution is -2.23. The zero-order chi connectivity index (χ0) is 14.5. The van der Waals surface area contributed by atoms with Crippen molar-refractivity contribution in [1.29, 1.82) is 0 Å². The van der Waals surface area contributed by atoms with E-state index in [0.29, 0.717) is 11.3 Å². The summed E-state index contributed by atoms with van der Waals surface area (Å²) >= 11 is 0. The first kappa shape index (κ1) is 13.9. The highest BCUT2D eigenvalue weighted by Gasteiger charge is 2.05. The molecule has 0 unspecified atom stereocenters. The summed E-state index contributed by atoms with van der Waals surface area (Å²) in [5.74, 6) is -0.533. The molecule has 0 aliphatic heterocycles. The minimum atomic E-state index is -0.407. The summed E-state index contributed by atoms with van der Waals surface area (Å²) in [5.41, 5.74) is 1.13. The largest absolute Gasteiger partial charge is 0.508 e. The number of halogens is 1. The van der Waals surface area contributed by atoms with E-state index < -0.39 is 5.82 Å². The lowest BCUT2D eigenvalue weighted by Gasteiger charge is -2.06. The summed E-state index contributed by atoms with van der Waals surface area (Å²) in [6.45, 7) is 0.388. The molecule has 1 amide bonds. The third-order valence-electron chi connectivity index (χ3n) is 2.74. The molecule has 2 rings (SSSR count). The number of carbonyl (C=O) groups is 1. The third-order valence-corrected chi connectivity index (χ3v) is 2.74. The number of benzene rings is 1. The molecule has 106 valence electrons. The quantitative estimate of drug-likeness (QED) is 0.765. The maximum atomic E-state index is 13.1. The van der Waals surface area contributed by atoms with E-state index in [0.717, 1.165) is 0 Å². The molecule has 20 heavy (non-hydrogen) atoms. The number of carbonyl (C=O) groups excluding carboxylic acids is 1. The van der Waals surface area contributed by atoms with E-state index >= 15 is 0 Å². The van der Waals surface area contributed by atoms with Crippen molar-refractivity contribution in [2.75, 3.05) is 12.4 Å². The molecule has 1 aromatic heterocycles. The normalized spacial score (nSPS) is 10.3. The van der Waals surface area contributed by atoms with Gasteiger partial charge < -0.3 is 15.7 Å². The first-order valence-electron chi connectivity index (χ1n) is 6.03. The highest BCUT2D eigenvalue weighted by Crippen LogP contribution is 2.19. The number of nitrogens with one attached hydrogen (secondary N) is 2. The molecule has 1 heterocycles. The number of likely N-dealkylation sites (N-methyl/N-ethyl adjacent to an activating group) is 1. The van der Waals surface area contributed by atoms with Gasteiger partial charge in [0.25, 0.3) is 0 Å². The van der Waals surface area contributed by atoms with Crippen LogP contribution in [-0.4, -0.2) is 27.8 Å². The fourth-order valence-electron chi connectivity index (χ4n) is 1.66. The molecule has 0 saturated carbocycles. The fourth-order valence-corrected chi connectivity index (χ4v) is 1.66. The summed E-state index contributed by atoms with van der Waals surface area (Å²) in [6.07, 6.45) is 3.21. The van der Waals surface area contributed by atoms with E-state index in [1.165, 1.54) is 22.9 Å². The summed E-state index contributed by atoms with van der Waals surface area (Å²) < 4.78 is 14.5. The average molecular weight is 278 g/mol. The number of aromatic hydroxyl groups is 1. The fraction of sp³-hybridized carbons (Fsp3) is 0.231. The second-order valence-electron chi connectivity index (χ2n) is 4.23. The van der Waals surface area contributed by atoms with Crippen molar-refractivity contribution < 1.29 is 14.3 Å². The van der Waals surface area contributed by atoms with Crippen LogP contribution in [0, 0.1) is 5.82 Å². The number of amides is 1. The number of nitrogens with zero attached hydrogens (tertiary/aromatic N) is 2. The van der Waals surface area contributed by atoms with Gasteiger partial charge in [-0.05, 0) is 18.2 Å². The highest BCUT2D eigenvalue weighted by atomic mass is 19.1. The maximum Gasteiger partial charge on any atom is 0.241 e. The van der Waals surface area contributed by atoms with Gasteiger partial charge in [-0.2, -0.15) is 5.10 Å². The standard InChI is InChI=1S/C13H15FN4O2/c1-15-13(20)8-18-7-11(6-17-18)16-5-9-4-10(14)2-3-12(9)19/h2-4,6-7,16,19H,5,8H2,1H3,(H,15,20). The van der Waals surface area contributed by atoms with Crippen LogP contribution in [0.1, 0.15) is 5.56 Å². The van der Waals surface area contributed by atoms with Gasteiger partial charge in [-0.3, -0.25) is 9.48 Å². The van der Waals surface area contributed by atoms with Crippen LogP contribution in [0.3, 0.4) is 0 Å². The molecule has 3 N–H and O–H groups in total. The van der Waals surface area contributed by atoms with E-state index in [1.54, 1.807) is 19.4 Å². The van der Waals surface area contributed by atoms with Crippen LogP contribution in [-0.2, 0) is 17.9 Å². The van der Waals surface area contributed by atoms with Crippen molar-refractivity contribution >= 4 is 11.6 Å². The summed E-state index contributed by atoms with van der Waals surface area (Å²) in [5, 5.41) is 19.1. The van der Waals surface area contributed by atoms with Gasteiger partial charge in [0.15, 0.2) is 0 Å². The molecule has 0 aliphatic carbocycles. The Morgan fingerprint density at radius 3 is 3.05 bits per heavy atom. The number of aromatic nitrogens is 2. The number of hydrogen-bond donors (Lipinski definition) is 3. The molecule has 0 bridgehead atoms. The zero-order valence-corrected chi connectivity index (χ0v) is 10.9. The summed E-state index contributed by atoms with van der Waals surface area (Å²) in [4.78, 5) is 11.2. The Morgan fingerprint density at radius 1 is 1.50 bits per heavy atom. The second-order valence-corrected chi connectivity index (χ2v) is 4.23. The smallest absolute Gasteiger partial charge is 0.241 e. The molecule has 0 aliphatic rings. The van der Waals surface area contributed by atoms with Gasteiger partial charge in [0.05, 0.1) is 11.9 Å². The maximum absolute atomic E-state index is 13.1. The van der Waals surface area contributed by atoms with Crippen molar-refractivity contribution in [2.24, 2.45) is 0 Å². The van der Waals surface area contributed by atoms with Crippen molar-refractivity contribution in [3.05, 3.63) is 42.0 Å². The van der Waals surface area contributed by atoms with Crippen LogP contribution >= 0.6 is 0 Å². The van der Waals surface area contributed by atoms with Crippen LogP contribution in [0.15, 0.2) is 30.6 Å². The van der Waals surface area contributed by atoms with Crippen LogP contribution < -0.4 is 10.6 Å². The van der Waals surface area contributed by atoms with Gasteiger partial charge in [-0.25, -0.2) is 4.39 Å². The van der Waals surface area contributed by atoms with E-state index in [9.17, 15) is 14.3 Å². The Hall–Kier alpha value is -2.57. The van der Waals surface area contributed by atoms with Crippen LogP contribution in [0.4, 0.5) is 10.1 Å². The van der Waals surface area contributed by atoms with Crippen LogP contribution in [0.2, 0.25) is 0 Å². The average Bonchev–Trinajstić information content (AvgIpc) is 2.87. The summed E-state index contributed by atoms with van der Waals surface area (Å²) in [7, 11) is 1.55. The van der Waals surface area contributed by atoms with Crippen LogP contribution in [0.5, 0.6) is 5.75 Å². The van der Waals surface area contributed by atoms with Gasteiger partial charge in [-0.15, -0.1) is 0 Å². The molecule has 6 nitrogen and oxygen atoms in total. The molecular weight excluding hydrogens is 263 g/mol. The highest BCUT2D eigenvalue weighted by molar-refractivity contribution is 5.75. The van der Waals surface area contributed by atoms with Crippen molar-refractivity contribution in [3.8, 4) is 5.75 Å². The molecular formula is C13H15FN4O2. The SMILES string of the molecule is CNC(=O)Cn1cc(NCc2cc(F)ccc2O)cn1. The minimum absolute atomic E-state index is 0.0247. The van der Waals surface area contributed by atoms with E-state index in [-0.39, 0.29) is 24.7 Å². The number of phenols is 1. The molecule has 0 fully saturated rings. The first-order valence-corrected chi connectivity index (χ1v) is 6.03. The molecule has 1 aromatic carbocycles. The molecule has 2 aromatic rings. The Balaban J connectivity index is 1.97. The number of phenolic OH excluding ortho intramolecular Hbond substituents is 1.